The average molecular weight is 412 g/mol. The van der Waals surface area contributed by atoms with Crippen molar-refractivity contribution < 1.29 is 23.8 Å². The largest absolute Gasteiger partial charge is 0.443 e. The summed E-state index contributed by atoms with van der Waals surface area (Å²) in [5, 5.41) is 24.0. The van der Waals surface area contributed by atoms with Crippen molar-refractivity contribution in [1.29, 1.82) is 0 Å². The lowest BCUT2D eigenvalue weighted by atomic mass is 10.1. The predicted molar refractivity (Wildman–Crippen MR) is 101 cm³/mol. The van der Waals surface area contributed by atoms with Crippen LogP contribution in [-0.4, -0.2) is 46.9 Å². The molecule has 11 heteroatoms. The number of imidazole rings is 1. The Morgan fingerprint density at radius 1 is 1.13 bits per heavy atom. The molecule has 1 aromatic carbocycles. The molecule has 0 aliphatic carbocycles. The minimum absolute atomic E-state index is 0.175. The first kappa shape index (κ1) is 18.6. The number of aliphatic hydroxyl groups is 2. The maximum atomic E-state index is 13.5. The lowest BCUT2D eigenvalue weighted by Gasteiger charge is -2.16. The summed E-state index contributed by atoms with van der Waals surface area (Å²) in [6, 6.07) is 5.93. The van der Waals surface area contributed by atoms with E-state index in [9.17, 15) is 14.6 Å². The zero-order valence-corrected chi connectivity index (χ0v) is 15.7. The van der Waals surface area contributed by atoms with Crippen LogP contribution < -0.4 is 5.32 Å². The highest BCUT2D eigenvalue weighted by Crippen LogP contribution is 2.39. The van der Waals surface area contributed by atoms with E-state index in [-0.39, 0.29) is 11.7 Å². The van der Waals surface area contributed by atoms with E-state index in [1.54, 1.807) is 19.1 Å². The van der Waals surface area contributed by atoms with Gasteiger partial charge in [0.05, 0.1) is 12.5 Å². The number of halogens is 1. The van der Waals surface area contributed by atoms with Crippen LogP contribution in [0.1, 0.15) is 24.0 Å². The fourth-order valence-corrected chi connectivity index (χ4v) is 3.43. The van der Waals surface area contributed by atoms with Gasteiger partial charge in [-0.05, 0) is 25.1 Å². The normalized spacial score (nSPS) is 23.9. The Balaban J connectivity index is 1.48. The van der Waals surface area contributed by atoms with Crippen molar-refractivity contribution >= 4 is 22.7 Å². The second-order valence-electron chi connectivity index (χ2n) is 6.92. The van der Waals surface area contributed by atoms with Crippen LogP contribution in [0.2, 0.25) is 0 Å². The third-order valence-corrected chi connectivity index (χ3v) is 4.84. The van der Waals surface area contributed by atoms with Gasteiger partial charge in [-0.3, -0.25) is 4.57 Å². The van der Waals surface area contributed by atoms with Crippen molar-refractivity contribution in [3.8, 4) is 0 Å². The first-order chi connectivity index (χ1) is 14.5. The summed E-state index contributed by atoms with van der Waals surface area (Å²) in [7, 11) is 0. The van der Waals surface area contributed by atoms with Crippen molar-refractivity contribution in [1.82, 2.24) is 24.5 Å². The molecule has 4 heterocycles. The topological polar surface area (TPSA) is 131 Å². The number of nitrogens with one attached hydrogen (secondary N) is 1. The summed E-state index contributed by atoms with van der Waals surface area (Å²) in [5.74, 6) is 0.707. The van der Waals surface area contributed by atoms with Gasteiger partial charge in [0.25, 0.3) is 0 Å². The number of aryl methyl sites for hydroxylation is 1. The summed E-state index contributed by atoms with van der Waals surface area (Å²) in [5.41, 5.74) is 1.25. The molecule has 1 aliphatic heterocycles. The summed E-state index contributed by atoms with van der Waals surface area (Å²) < 4.78 is 26.3. The lowest BCUT2D eigenvalue weighted by Crippen LogP contribution is -2.29. The Hall–Kier alpha value is -3.41. The summed E-state index contributed by atoms with van der Waals surface area (Å²) in [6.07, 6.45) is -0.183. The Kier molecular flexibility index (Phi) is 4.42. The van der Waals surface area contributed by atoms with Gasteiger partial charge in [0.1, 0.15) is 30.1 Å². The number of aromatic nitrogens is 5. The number of fused-ring (bicyclic) bond motifs is 1. The number of rotatable bonds is 4. The molecule has 1 fully saturated rings. The van der Waals surface area contributed by atoms with Crippen molar-refractivity contribution in [3.63, 3.8) is 0 Å². The highest BCUT2D eigenvalue weighted by atomic mass is 19.1. The molecule has 0 amide bonds. The van der Waals surface area contributed by atoms with Crippen LogP contribution in [0.5, 0.6) is 0 Å². The van der Waals surface area contributed by atoms with Gasteiger partial charge in [-0.2, -0.15) is 0 Å². The molecule has 3 N–H and O–H groups in total. The molecule has 10 nitrogen and oxygen atoms in total. The number of aliphatic hydroxyl groups excluding tert-OH is 2. The molecule has 4 atom stereocenters. The second-order valence-corrected chi connectivity index (χ2v) is 6.92. The molecule has 0 spiro atoms. The van der Waals surface area contributed by atoms with Crippen LogP contribution in [-0.2, 0) is 4.74 Å². The number of oxazole rings is 1. The maximum absolute atomic E-state index is 13.5. The van der Waals surface area contributed by atoms with Crippen LogP contribution in [0.3, 0.4) is 0 Å². The number of benzene rings is 1. The fraction of sp³-hybridized carbons (Fsp3) is 0.263. The molecule has 30 heavy (non-hydrogen) atoms. The molecule has 154 valence electrons. The van der Waals surface area contributed by atoms with Gasteiger partial charge >= 0.3 is 0 Å². The SMILES string of the molecule is Cc1cnc([C@H]2O[C@@H](n3cnc4c(Nc5cccc(F)c5)ncnc43)[C@H](O)[C@@H]2O)o1. The van der Waals surface area contributed by atoms with Gasteiger partial charge in [-0.25, -0.2) is 24.3 Å². The van der Waals surface area contributed by atoms with E-state index in [1.165, 1.54) is 35.6 Å². The molecule has 0 bridgehead atoms. The zero-order valence-electron chi connectivity index (χ0n) is 15.7. The monoisotopic (exact) mass is 412 g/mol. The Bertz CT molecular complexity index is 1210. The standard InChI is InChI=1S/C19H17FN6O4/c1-9-6-21-18(29-9)15-13(27)14(28)19(30-15)26-8-24-12-16(22-7-23-17(12)26)25-11-4-2-3-10(20)5-11/h2-8,13-15,19,27-28H,1H3,(H,22,23,25)/t13-,14+,15-,19+/m0/s1. The van der Waals surface area contributed by atoms with E-state index in [2.05, 4.69) is 25.3 Å². The summed E-state index contributed by atoms with van der Waals surface area (Å²) >= 11 is 0. The third-order valence-electron chi connectivity index (χ3n) is 4.84. The molecule has 0 saturated carbocycles. The smallest absolute Gasteiger partial charge is 0.226 e. The molecular formula is C19H17FN6O4. The Morgan fingerprint density at radius 2 is 2.00 bits per heavy atom. The van der Waals surface area contributed by atoms with Gasteiger partial charge < -0.3 is 24.7 Å². The van der Waals surface area contributed by atoms with Crippen molar-refractivity contribution in [2.24, 2.45) is 0 Å². The lowest BCUT2D eigenvalue weighted by molar-refractivity contribution is -0.0438. The van der Waals surface area contributed by atoms with Gasteiger partial charge in [-0.15, -0.1) is 0 Å². The van der Waals surface area contributed by atoms with Crippen LogP contribution in [0, 0.1) is 12.7 Å². The number of hydrogen-bond acceptors (Lipinski definition) is 9. The summed E-state index contributed by atoms with van der Waals surface area (Å²) in [6.45, 7) is 1.72. The molecule has 0 radical (unpaired) electrons. The van der Waals surface area contributed by atoms with Gasteiger partial charge in [-0.1, -0.05) is 6.07 Å². The van der Waals surface area contributed by atoms with E-state index in [0.29, 0.717) is 28.4 Å². The predicted octanol–water partition coefficient (Wildman–Crippen LogP) is 2.00. The van der Waals surface area contributed by atoms with Crippen LogP contribution in [0.25, 0.3) is 11.2 Å². The van der Waals surface area contributed by atoms with E-state index in [4.69, 9.17) is 9.15 Å². The minimum Gasteiger partial charge on any atom is -0.443 e. The van der Waals surface area contributed by atoms with Gasteiger partial charge in [0.15, 0.2) is 29.3 Å². The van der Waals surface area contributed by atoms with Crippen LogP contribution in [0.15, 0.2) is 47.5 Å². The minimum atomic E-state index is -1.27. The quantitative estimate of drug-likeness (QED) is 0.460. The first-order valence-corrected chi connectivity index (χ1v) is 9.15. The van der Waals surface area contributed by atoms with E-state index in [0.717, 1.165) is 0 Å². The van der Waals surface area contributed by atoms with Crippen molar-refractivity contribution in [2.75, 3.05) is 5.32 Å². The first-order valence-electron chi connectivity index (χ1n) is 9.15. The highest BCUT2D eigenvalue weighted by Gasteiger charge is 2.47. The third kappa shape index (κ3) is 3.09. The van der Waals surface area contributed by atoms with Crippen LogP contribution >= 0.6 is 0 Å². The van der Waals surface area contributed by atoms with E-state index < -0.39 is 24.5 Å². The van der Waals surface area contributed by atoms with Gasteiger partial charge in [0, 0.05) is 5.69 Å². The average Bonchev–Trinajstić information content (AvgIpc) is 3.41. The van der Waals surface area contributed by atoms with E-state index in [1.807, 2.05) is 0 Å². The van der Waals surface area contributed by atoms with Crippen LogP contribution in [0.4, 0.5) is 15.9 Å². The number of nitrogens with zero attached hydrogens (tertiary/aromatic N) is 5. The summed E-state index contributed by atoms with van der Waals surface area (Å²) in [4.78, 5) is 16.8. The molecule has 5 rings (SSSR count). The second kappa shape index (κ2) is 7.13. The highest BCUT2D eigenvalue weighted by molar-refractivity contribution is 5.85. The number of anilines is 2. The van der Waals surface area contributed by atoms with E-state index >= 15 is 0 Å². The zero-order chi connectivity index (χ0) is 20.8. The van der Waals surface area contributed by atoms with Crippen molar-refractivity contribution in [3.05, 3.63) is 60.6 Å². The van der Waals surface area contributed by atoms with Crippen molar-refractivity contribution in [2.45, 2.75) is 31.5 Å². The molecule has 0 unspecified atom stereocenters. The molecule has 3 aromatic heterocycles. The number of hydrogen-bond donors (Lipinski definition) is 3. The molecule has 1 aliphatic rings. The van der Waals surface area contributed by atoms with Gasteiger partial charge in [0.2, 0.25) is 5.89 Å². The Labute approximate surface area is 169 Å². The molecular weight excluding hydrogens is 395 g/mol. The fourth-order valence-electron chi connectivity index (χ4n) is 3.43. The maximum Gasteiger partial charge on any atom is 0.226 e. The molecule has 4 aromatic rings. The Morgan fingerprint density at radius 3 is 2.77 bits per heavy atom. The number of ether oxygens (including phenoxy) is 1. The molecule has 1 saturated heterocycles.